The van der Waals surface area contributed by atoms with Crippen molar-refractivity contribution >= 4 is 70.3 Å². The van der Waals surface area contributed by atoms with E-state index < -0.39 is 70.3 Å². The van der Waals surface area contributed by atoms with Gasteiger partial charge in [0, 0.05) is 26.9 Å². The minimum Gasteiger partial charge on any atom is -0.412 e. The summed E-state index contributed by atoms with van der Waals surface area (Å²) in [6, 6.07) is -4.51. The number of guanidine groups is 2. The molecule has 6 amide bonds. The Morgan fingerprint density at radius 2 is 0.716 bits per heavy atom. The summed E-state index contributed by atoms with van der Waals surface area (Å²) in [6.45, 7) is 18.9. The highest BCUT2D eigenvalue weighted by Crippen LogP contribution is 2.11. The summed E-state index contributed by atoms with van der Waals surface area (Å²) in [4.78, 5) is 104. The Kier molecular flexibility index (Phi) is 40.6. The fourth-order valence-electron chi connectivity index (χ4n) is 5.80. The molecule has 20 N–H and O–H groups in total. The zero-order valence-electron chi connectivity index (χ0n) is 40.6. The van der Waals surface area contributed by atoms with Crippen molar-refractivity contribution in [3.63, 3.8) is 0 Å². The molecule has 0 aliphatic carbocycles. The summed E-state index contributed by atoms with van der Waals surface area (Å²) in [6.07, 6.45) is 4.76. The zero-order valence-corrected chi connectivity index (χ0v) is 41.4. The summed E-state index contributed by atoms with van der Waals surface area (Å²) < 4.78 is 31.6. The summed E-state index contributed by atoms with van der Waals surface area (Å²) in [5.41, 5.74) is 21.0. The molecule has 0 aliphatic rings. The molecule has 0 spiro atoms. The first-order valence-electron chi connectivity index (χ1n) is 21.4. The van der Waals surface area contributed by atoms with Crippen LogP contribution < -0.4 is 54.8 Å². The summed E-state index contributed by atoms with van der Waals surface area (Å²) in [5.74, 6) is -1.82. The monoisotopic (exact) mass is 987 g/mol. The SMILES string of the molecule is CC(=O)N[C@@H](CC(C)C)C(=O)N[C@@H](CC(C)C)C(=O)N[C@H](C=O)CCCN=C(N)N.CC(=O)N[C@@H](CC(C)C)C(=O)N[C@@H](CC(C)C)C(=O)N[C@H](C=O)CCCN=C(N)N.O.O.O=S(=O)(O)O. The number of carbonyl (C=O) groups is 8. The summed E-state index contributed by atoms with van der Waals surface area (Å²) >= 11 is 0. The number of nitrogens with zero attached hydrogens (tertiary/aromatic N) is 2. The lowest BCUT2D eigenvalue weighted by Crippen LogP contribution is -2.55. The van der Waals surface area contributed by atoms with Gasteiger partial charge < -0.3 is 75.4 Å². The Balaban J connectivity index is -0.000000337. The van der Waals surface area contributed by atoms with Gasteiger partial charge in [-0.3, -0.25) is 47.9 Å². The molecular weight excluding hydrogens is 905 g/mol. The Hall–Kier alpha value is -5.51. The van der Waals surface area contributed by atoms with Gasteiger partial charge >= 0.3 is 10.4 Å². The van der Waals surface area contributed by atoms with E-state index in [0.717, 1.165) is 0 Å². The van der Waals surface area contributed by atoms with Crippen LogP contribution in [0.4, 0.5) is 0 Å². The number of nitrogens with two attached hydrogens (primary N) is 4. The van der Waals surface area contributed by atoms with Crippen LogP contribution in [0.5, 0.6) is 0 Å². The molecule has 0 aromatic rings. The fraction of sp³-hybridized carbons (Fsp3) is 0.750. The van der Waals surface area contributed by atoms with Crippen LogP contribution in [0.3, 0.4) is 0 Å². The van der Waals surface area contributed by atoms with Gasteiger partial charge in [-0.2, -0.15) is 8.42 Å². The number of hydrogen-bond acceptors (Lipinski definition) is 12. The predicted molar refractivity (Wildman–Crippen MR) is 254 cm³/mol. The van der Waals surface area contributed by atoms with Crippen molar-refractivity contribution in [3.8, 4) is 0 Å². The number of carbonyl (C=O) groups excluding carboxylic acids is 8. The molecular formula is C40H82N12O14S. The van der Waals surface area contributed by atoms with Crippen molar-refractivity contribution in [2.45, 2.75) is 157 Å². The lowest BCUT2D eigenvalue weighted by Gasteiger charge is -2.25. The first kappa shape index (κ1) is 70.5. The average Bonchev–Trinajstić information content (AvgIpc) is 3.14. The Morgan fingerprint density at radius 1 is 0.493 bits per heavy atom. The lowest BCUT2D eigenvalue weighted by atomic mass is 9.99. The number of hydrogen-bond donors (Lipinski definition) is 12. The van der Waals surface area contributed by atoms with Gasteiger partial charge in [-0.1, -0.05) is 55.4 Å². The first-order chi connectivity index (χ1) is 29.9. The van der Waals surface area contributed by atoms with Crippen molar-refractivity contribution in [1.29, 1.82) is 0 Å². The van der Waals surface area contributed by atoms with Crippen LogP contribution >= 0.6 is 0 Å². The van der Waals surface area contributed by atoms with Crippen LogP contribution in [0.2, 0.25) is 0 Å². The second kappa shape index (κ2) is 38.6. The molecule has 0 bridgehead atoms. The number of nitrogens with one attached hydrogen (secondary N) is 6. The van der Waals surface area contributed by atoms with Gasteiger partial charge in [0.25, 0.3) is 0 Å². The van der Waals surface area contributed by atoms with Crippen LogP contribution in [-0.2, 0) is 48.8 Å². The highest BCUT2D eigenvalue weighted by molar-refractivity contribution is 7.79. The maximum Gasteiger partial charge on any atom is 0.394 e. The lowest BCUT2D eigenvalue weighted by molar-refractivity contribution is -0.133. The van der Waals surface area contributed by atoms with Crippen LogP contribution in [0.25, 0.3) is 0 Å². The largest absolute Gasteiger partial charge is 0.412 e. The van der Waals surface area contributed by atoms with Crippen molar-refractivity contribution < 1.29 is 66.8 Å². The van der Waals surface area contributed by atoms with Gasteiger partial charge in [0.15, 0.2) is 11.9 Å². The molecule has 0 fully saturated rings. The Labute approximate surface area is 394 Å². The van der Waals surface area contributed by atoms with Gasteiger partial charge in [-0.15, -0.1) is 0 Å². The highest BCUT2D eigenvalue weighted by atomic mass is 32.3. The van der Waals surface area contributed by atoms with Crippen molar-refractivity contribution in [1.82, 2.24) is 31.9 Å². The molecule has 26 nitrogen and oxygen atoms in total. The fourth-order valence-corrected chi connectivity index (χ4v) is 5.80. The molecule has 27 heteroatoms. The normalized spacial score (nSPS) is 13.3. The first-order valence-corrected chi connectivity index (χ1v) is 22.8. The van der Waals surface area contributed by atoms with E-state index in [9.17, 15) is 38.4 Å². The maximum absolute atomic E-state index is 12.8. The van der Waals surface area contributed by atoms with Crippen molar-refractivity contribution in [2.75, 3.05) is 13.1 Å². The molecule has 392 valence electrons. The van der Waals surface area contributed by atoms with Gasteiger partial charge in [0.05, 0.1) is 12.1 Å². The molecule has 0 heterocycles. The molecule has 0 rings (SSSR count). The predicted octanol–water partition coefficient (Wildman–Crippen LogP) is -2.69. The van der Waals surface area contributed by atoms with Gasteiger partial charge in [-0.05, 0) is 75.0 Å². The highest BCUT2D eigenvalue weighted by Gasteiger charge is 2.30. The summed E-state index contributed by atoms with van der Waals surface area (Å²) in [7, 11) is -4.67. The van der Waals surface area contributed by atoms with Crippen LogP contribution in [-0.4, -0.2) is 138 Å². The van der Waals surface area contributed by atoms with Crippen LogP contribution in [0, 0.1) is 23.7 Å². The van der Waals surface area contributed by atoms with E-state index in [1.54, 1.807) is 0 Å². The Bertz CT molecular complexity index is 1540. The standard InChI is InChI=1S/2C20H38N6O4.H2O4S.2H2O/c2*1-12(2)9-16(24-14(5)28)19(30)26-17(10-13(3)4)18(29)25-15(11-27)7-6-8-23-20(21)22;1-5(2,3)4;;/h2*11-13,15-17H,6-10H2,1-5H3,(H,24,28)(H,25,29)(H,26,30)(H4,21,22,23);(H2,1,2,3,4);2*1H2/t2*15-,16-,17-;;;/m00.../s1. The topological polar surface area (TPSA) is 475 Å². The van der Waals surface area contributed by atoms with Gasteiger partial charge in [-0.25, -0.2) is 0 Å². The van der Waals surface area contributed by atoms with E-state index in [1.165, 1.54) is 13.8 Å². The molecule has 67 heavy (non-hydrogen) atoms. The number of rotatable bonds is 28. The van der Waals surface area contributed by atoms with E-state index in [0.29, 0.717) is 77.0 Å². The number of aldehydes is 2. The van der Waals surface area contributed by atoms with E-state index in [-0.39, 0.29) is 58.4 Å². The smallest absolute Gasteiger partial charge is 0.394 e. The molecule has 0 aromatic carbocycles. The van der Waals surface area contributed by atoms with E-state index in [1.807, 2.05) is 55.4 Å². The molecule has 0 radical (unpaired) electrons. The number of aliphatic imine (C=N–C) groups is 2. The zero-order chi connectivity index (χ0) is 51.0. The second-order valence-corrected chi connectivity index (χ2v) is 17.9. The second-order valence-electron chi connectivity index (χ2n) is 17.0. The maximum atomic E-state index is 12.8. The minimum atomic E-state index is -4.67. The summed E-state index contributed by atoms with van der Waals surface area (Å²) in [5, 5.41) is 16.1. The van der Waals surface area contributed by atoms with Crippen molar-refractivity contribution in [3.05, 3.63) is 0 Å². The van der Waals surface area contributed by atoms with Crippen LogP contribution in [0.15, 0.2) is 9.98 Å². The third-order valence-electron chi connectivity index (χ3n) is 8.40. The van der Waals surface area contributed by atoms with E-state index >= 15 is 0 Å². The molecule has 0 saturated carbocycles. The quantitative estimate of drug-likeness (QED) is 0.0125. The molecule has 0 aliphatic heterocycles. The van der Waals surface area contributed by atoms with E-state index in [4.69, 9.17) is 40.5 Å². The molecule has 0 aromatic heterocycles. The van der Waals surface area contributed by atoms with Crippen LogP contribution in [0.1, 0.15) is 121 Å². The van der Waals surface area contributed by atoms with Gasteiger partial charge in [0.1, 0.15) is 36.7 Å². The third kappa shape index (κ3) is 44.1. The van der Waals surface area contributed by atoms with Crippen molar-refractivity contribution in [2.24, 2.45) is 56.6 Å². The molecule has 0 saturated heterocycles. The third-order valence-corrected chi connectivity index (χ3v) is 8.40. The number of amides is 6. The van der Waals surface area contributed by atoms with Gasteiger partial charge in [0.2, 0.25) is 35.4 Å². The Morgan fingerprint density at radius 3 is 0.910 bits per heavy atom. The molecule has 6 atom stereocenters. The van der Waals surface area contributed by atoms with E-state index in [2.05, 4.69) is 41.9 Å². The molecule has 0 unspecified atom stereocenters. The average molecular weight is 987 g/mol. The minimum absolute atomic E-state index is 0.